The van der Waals surface area contributed by atoms with Crippen LogP contribution >= 0.6 is 0 Å². The normalized spacial score (nSPS) is 20.0. The fourth-order valence-electron chi connectivity index (χ4n) is 1.40. The molecule has 4 heteroatoms. The van der Waals surface area contributed by atoms with E-state index in [9.17, 15) is 0 Å². The predicted molar refractivity (Wildman–Crippen MR) is 57.8 cm³/mol. The van der Waals surface area contributed by atoms with E-state index >= 15 is 0 Å². The minimum absolute atomic E-state index is 0.130. The molecule has 15 heavy (non-hydrogen) atoms. The summed E-state index contributed by atoms with van der Waals surface area (Å²) in [6.45, 7) is 0. The van der Waals surface area contributed by atoms with Crippen LogP contribution in [0.4, 0.5) is 0 Å². The summed E-state index contributed by atoms with van der Waals surface area (Å²) >= 11 is 0. The maximum Gasteiger partial charge on any atom is 0.131 e. The number of dihydropyridines is 1. The second-order valence-electron chi connectivity index (χ2n) is 3.09. The summed E-state index contributed by atoms with van der Waals surface area (Å²) in [6, 6.07) is 5.36. The number of rotatable bonds is 2. The first-order valence-corrected chi connectivity index (χ1v) is 4.64. The van der Waals surface area contributed by atoms with Gasteiger partial charge in [-0.2, -0.15) is 0 Å². The van der Waals surface area contributed by atoms with Gasteiger partial charge in [0.2, 0.25) is 0 Å². The predicted octanol–water partition coefficient (Wildman–Crippen LogP) is 1.30. The lowest BCUT2D eigenvalue weighted by atomic mass is 10.1. The third-order valence-corrected chi connectivity index (χ3v) is 2.12. The smallest absolute Gasteiger partial charge is 0.131 e. The van der Waals surface area contributed by atoms with Crippen molar-refractivity contribution >= 4 is 5.71 Å². The summed E-state index contributed by atoms with van der Waals surface area (Å²) in [4.78, 5) is 4.14. The van der Waals surface area contributed by atoms with Crippen molar-refractivity contribution in [2.75, 3.05) is 0 Å². The van der Waals surface area contributed by atoms with Crippen LogP contribution in [0.25, 0.3) is 0 Å². The zero-order valence-electron chi connectivity index (χ0n) is 8.04. The van der Waals surface area contributed by atoms with Crippen LogP contribution in [0.15, 0.2) is 54.0 Å². The van der Waals surface area contributed by atoms with Crippen LogP contribution in [0.2, 0.25) is 0 Å². The van der Waals surface area contributed by atoms with Crippen molar-refractivity contribution in [3.8, 4) is 0 Å². The largest absolute Gasteiger partial charge is 0.411 e. The monoisotopic (exact) mass is 201 g/mol. The first-order chi connectivity index (χ1) is 7.42. The molecule has 2 N–H and O–H groups in total. The van der Waals surface area contributed by atoms with E-state index < -0.39 is 0 Å². The molecule has 0 saturated carbocycles. The Morgan fingerprint density at radius 3 is 2.93 bits per heavy atom. The van der Waals surface area contributed by atoms with E-state index in [0.29, 0.717) is 11.4 Å². The summed E-state index contributed by atoms with van der Waals surface area (Å²) in [6.07, 6.45) is 9.16. The average Bonchev–Trinajstić information content (AvgIpc) is 2.33. The summed E-state index contributed by atoms with van der Waals surface area (Å²) in [5.41, 5.74) is 1.17. The fraction of sp³-hybridized carbons (Fsp3) is 0.0909. The van der Waals surface area contributed by atoms with Gasteiger partial charge in [-0.25, -0.2) is 0 Å². The first kappa shape index (κ1) is 9.45. The lowest BCUT2D eigenvalue weighted by Gasteiger charge is -2.16. The van der Waals surface area contributed by atoms with E-state index in [1.54, 1.807) is 12.4 Å². The number of allylic oxidation sites excluding steroid dienone is 2. The Morgan fingerprint density at radius 1 is 1.40 bits per heavy atom. The zero-order valence-corrected chi connectivity index (χ0v) is 8.04. The number of nitrogens with one attached hydrogen (secondary N) is 1. The van der Waals surface area contributed by atoms with Crippen molar-refractivity contribution in [2.45, 2.75) is 6.04 Å². The standard InChI is InChI=1S/C11H11N3O/c15-14-11(9-5-1-3-7-12-9)10-6-2-4-8-13-10/h1-9,12,15H/b14-11-. The van der Waals surface area contributed by atoms with E-state index in [0.717, 1.165) is 0 Å². The Labute approximate surface area is 87.6 Å². The number of hydrogen-bond acceptors (Lipinski definition) is 4. The van der Waals surface area contributed by atoms with Gasteiger partial charge in [0.1, 0.15) is 5.71 Å². The van der Waals surface area contributed by atoms with E-state index in [-0.39, 0.29) is 6.04 Å². The van der Waals surface area contributed by atoms with Gasteiger partial charge in [0, 0.05) is 6.20 Å². The molecule has 1 atom stereocenters. The molecule has 0 aliphatic carbocycles. The van der Waals surface area contributed by atoms with Gasteiger partial charge in [-0.05, 0) is 24.4 Å². The third-order valence-electron chi connectivity index (χ3n) is 2.12. The maximum atomic E-state index is 8.98. The Morgan fingerprint density at radius 2 is 2.33 bits per heavy atom. The van der Waals surface area contributed by atoms with Crippen LogP contribution in [0.5, 0.6) is 0 Å². The molecule has 4 nitrogen and oxygen atoms in total. The van der Waals surface area contributed by atoms with Gasteiger partial charge in [-0.15, -0.1) is 0 Å². The van der Waals surface area contributed by atoms with Crippen molar-refractivity contribution in [3.63, 3.8) is 0 Å². The molecule has 0 saturated heterocycles. The molecule has 2 rings (SSSR count). The summed E-state index contributed by atoms with van der Waals surface area (Å²) in [7, 11) is 0. The van der Waals surface area contributed by atoms with Gasteiger partial charge in [-0.3, -0.25) is 4.98 Å². The molecule has 0 radical (unpaired) electrons. The quantitative estimate of drug-likeness (QED) is 0.431. The van der Waals surface area contributed by atoms with Crippen molar-refractivity contribution < 1.29 is 5.21 Å². The fourth-order valence-corrected chi connectivity index (χ4v) is 1.40. The molecule has 1 aromatic heterocycles. The highest BCUT2D eigenvalue weighted by molar-refractivity contribution is 6.03. The van der Waals surface area contributed by atoms with E-state index in [4.69, 9.17) is 5.21 Å². The minimum Gasteiger partial charge on any atom is -0.411 e. The van der Waals surface area contributed by atoms with E-state index in [1.807, 2.05) is 36.4 Å². The lowest BCUT2D eigenvalue weighted by Crippen LogP contribution is -2.33. The van der Waals surface area contributed by atoms with Crippen molar-refractivity contribution in [3.05, 3.63) is 54.5 Å². The molecular weight excluding hydrogens is 190 g/mol. The minimum atomic E-state index is -0.130. The number of oxime groups is 1. The molecule has 0 aromatic carbocycles. The Hall–Kier alpha value is -2.10. The van der Waals surface area contributed by atoms with Gasteiger partial charge in [0.05, 0.1) is 11.7 Å². The molecule has 0 amide bonds. The second kappa shape index (κ2) is 4.41. The van der Waals surface area contributed by atoms with Gasteiger partial charge < -0.3 is 10.5 Å². The highest BCUT2D eigenvalue weighted by Crippen LogP contribution is 2.05. The van der Waals surface area contributed by atoms with Crippen LogP contribution < -0.4 is 5.32 Å². The van der Waals surface area contributed by atoms with Crippen LogP contribution in [0, 0.1) is 0 Å². The highest BCUT2D eigenvalue weighted by Gasteiger charge is 2.16. The molecule has 0 bridgehead atoms. The number of hydrogen-bond donors (Lipinski definition) is 2. The second-order valence-corrected chi connectivity index (χ2v) is 3.09. The molecule has 76 valence electrons. The van der Waals surface area contributed by atoms with E-state index in [2.05, 4.69) is 15.5 Å². The van der Waals surface area contributed by atoms with Crippen molar-refractivity contribution in [1.82, 2.24) is 10.3 Å². The zero-order chi connectivity index (χ0) is 10.5. The Bertz CT molecular complexity index is 409. The summed E-state index contributed by atoms with van der Waals surface area (Å²) < 4.78 is 0. The van der Waals surface area contributed by atoms with Gasteiger partial charge in [-0.1, -0.05) is 23.4 Å². The van der Waals surface area contributed by atoms with Crippen LogP contribution in [0.3, 0.4) is 0 Å². The first-order valence-electron chi connectivity index (χ1n) is 4.64. The molecular formula is C11H11N3O. The molecule has 0 spiro atoms. The number of nitrogens with zero attached hydrogens (tertiary/aromatic N) is 2. The molecule has 1 aliphatic rings. The highest BCUT2D eigenvalue weighted by atomic mass is 16.4. The molecule has 0 fully saturated rings. The molecule has 1 aliphatic heterocycles. The number of pyridine rings is 1. The van der Waals surface area contributed by atoms with E-state index in [1.165, 1.54) is 0 Å². The average molecular weight is 201 g/mol. The third kappa shape index (κ3) is 2.04. The summed E-state index contributed by atoms with van der Waals surface area (Å²) in [5, 5.41) is 15.3. The molecule has 1 unspecified atom stereocenters. The van der Waals surface area contributed by atoms with Crippen LogP contribution in [0.1, 0.15) is 5.69 Å². The lowest BCUT2D eigenvalue weighted by molar-refractivity contribution is 0.317. The molecule has 2 heterocycles. The Balaban J connectivity index is 2.26. The Kier molecular flexibility index (Phi) is 2.78. The van der Waals surface area contributed by atoms with Crippen molar-refractivity contribution in [1.29, 1.82) is 0 Å². The maximum absolute atomic E-state index is 8.98. The molecule has 1 aromatic rings. The van der Waals surface area contributed by atoms with Gasteiger partial charge >= 0.3 is 0 Å². The topological polar surface area (TPSA) is 57.5 Å². The van der Waals surface area contributed by atoms with Gasteiger partial charge in [0.25, 0.3) is 0 Å². The summed E-state index contributed by atoms with van der Waals surface area (Å²) in [5.74, 6) is 0. The van der Waals surface area contributed by atoms with Crippen LogP contribution in [-0.2, 0) is 0 Å². The van der Waals surface area contributed by atoms with Gasteiger partial charge in [0.15, 0.2) is 0 Å². The SMILES string of the molecule is O/N=C(\c1ccccn1)C1C=CC=CN1. The number of aromatic nitrogens is 1. The van der Waals surface area contributed by atoms with Crippen molar-refractivity contribution in [2.24, 2.45) is 5.16 Å². The van der Waals surface area contributed by atoms with Crippen LogP contribution in [-0.4, -0.2) is 21.9 Å².